The van der Waals surface area contributed by atoms with Crippen molar-refractivity contribution < 1.29 is 24.2 Å². The van der Waals surface area contributed by atoms with Gasteiger partial charge in [0.15, 0.2) is 0 Å². The quantitative estimate of drug-likeness (QED) is 0.701. The fraction of sp³-hybridized carbons (Fsp3) is 0.583. The minimum absolute atomic E-state index is 0.0224. The normalized spacial score (nSPS) is 12.4. The third-order valence-electron chi connectivity index (χ3n) is 2.15. The molecular weight excluding hydrogens is 238 g/mol. The SMILES string of the molecule is C=CCOC(=O)NC(CC(=O)C(C)(C)C)C(=O)O. The molecule has 0 aliphatic heterocycles. The number of nitrogens with one attached hydrogen (secondary N) is 1. The molecule has 0 aliphatic rings. The van der Waals surface area contributed by atoms with Crippen molar-refractivity contribution in [2.75, 3.05) is 6.61 Å². The van der Waals surface area contributed by atoms with Gasteiger partial charge >= 0.3 is 12.1 Å². The topological polar surface area (TPSA) is 92.7 Å². The number of Topliss-reactive ketones (excluding diaryl/α,β-unsaturated/α-hetero) is 1. The van der Waals surface area contributed by atoms with E-state index < -0.39 is 23.5 Å². The van der Waals surface area contributed by atoms with Crippen molar-refractivity contribution in [1.29, 1.82) is 0 Å². The van der Waals surface area contributed by atoms with E-state index in [0.717, 1.165) is 0 Å². The summed E-state index contributed by atoms with van der Waals surface area (Å²) in [6.45, 7) is 8.38. The van der Waals surface area contributed by atoms with Gasteiger partial charge < -0.3 is 15.2 Å². The minimum Gasteiger partial charge on any atom is -0.480 e. The number of hydrogen-bond donors (Lipinski definition) is 2. The summed E-state index contributed by atoms with van der Waals surface area (Å²) >= 11 is 0. The number of ether oxygens (including phenoxy) is 1. The van der Waals surface area contributed by atoms with Crippen LogP contribution in [0.1, 0.15) is 27.2 Å². The second-order valence-corrected chi connectivity index (χ2v) is 4.80. The fourth-order valence-corrected chi connectivity index (χ4v) is 1.01. The van der Waals surface area contributed by atoms with Gasteiger partial charge in [-0.15, -0.1) is 0 Å². The summed E-state index contributed by atoms with van der Waals surface area (Å²) in [4.78, 5) is 33.8. The number of alkyl carbamates (subject to hydrolysis) is 1. The Labute approximate surface area is 106 Å². The molecule has 0 fully saturated rings. The van der Waals surface area contributed by atoms with Crippen molar-refractivity contribution in [3.05, 3.63) is 12.7 Å². The van der Waals surface area contributed by atoms with Crippen molar-refractivity contribution in [2.24, 2.45) is 5.41 Å². The van der Waals surface area contributed by atoms with Crippen LogP contribution in [0.2, 0.25) is 0 Å². The van der Waals surface area contributed by atoms with Crippen molar-refractivity contribution in [1.82, 2.24) is 5.32 Å². The van der Waals surface area contributed by atoms with Gasteiger partial charge in [-0.2, -0.15) is 0 Å². The predicted molar refractivity (Wildman–Crippen MR) is 65.2 cm³/mol. The third kappa shape index (κ3) is 6.03. The van der Waals surface area contributed by atoms with Gasteiger partial charge in [-0.1, -0.05) is 33.4 Å². The molecule has 0 saturated heterocycles. The van der Waals surface area contributed by atoms with Crippen LogP contribution in [0.15, 0.2) is 12.7 Å². The molecule has 18 heavy (non-hydrogen) atoms. The number of ketones is 1. The third-order valence-corrected chi connectivity index (χ3v) is 2.15. The van der Waals surface area contributed by atoms with E-state index in [1.165, 1.54) is 6.08 Å². The van der Waals surface area contributed by atoms with E-state index in [0.29, 0.717) is 0 Å². The number of carboxylic acid groups (broad SMARTS) is 1. The maximum atomic E-state index is 11.7. The van der Waals surface area contributed by atoms with Crippen LogP contribution >= 0.6 is 0 Å². The van der Waals surface area contributed by atoms with Crippen molar-refractivity contribution in [3.63, 3.8) is 0 Å². The monoisotopic (exact) mass is 257 g/mol. The Morgan fingerprint density at radius 1 is 1.39 bits per heavy atom. The van der Waals surface area contributed by atoms with Gasteiger partial charge in [0.25, 0.3) is 0 Å². The van der Waals surface area contributed by atoms with Crippen molar-refractivity contribution in [2.45, 2.75) is 33.2 Å². The van der Waals surface area contributed by atoms with E-state index in [1.54, 1.807) is 20.8 Å². The lowest BCUT2D eigenvalue weighted by molar-refractivity contribution is -0.142. The van der Waals surface area contributed by atoms with Crippen LogP contribution in [0.4, 0.5) is 4.79 Å². The van der Waals surface area contributed by atoms with Crippen molar-refractivity contribution in [3.8, 4) is 0 Å². The highest BCUT2D eigenvalue weighted by Crippen LogP contribution is 2.17. The summed E-state index contributed by atoms with van der Waals surface area (Å²) in [5.41, 5.74) is -0.652. The summed E-state index contributed by atoms with van der Waals surface area (Å²) in [5.74, 6) is -1.53. The summed E-state index contributed by atoms with van der Waals surface area (Å²) < 4.78 is 4.60. The van der Waals surface area contributed by atoms with E-state index in [4.69, 9.17) is 5.11 Å². The largest absolute Gasteiger partial charge is 0.480 e. The van der Waals surface area contributed by atoms with E-state index in [2.05, 4.69) is 16.6 Å². The van der Waals surface area contributed by atoms with Gasteiger partial charge in [0, 0.05) is 11.8 Å². The van der Waals surface area contributed by atoms with Crippen LogP contribution in [0.25, 0.3) is 0 Å². The molecule has 6 nitrogen and oxygen atoms in total. The lowest BCUT2D eigenvalue weighted by atomic mass is 9.87. The van der Waals surface area contributed by atoms with Gasteiger partial charge in [-0.25, -0.2) is 9.59 Å². The molecule has 2 N–H and O–H groups in total. The first kappa shape index (κ1) is 16.1. The maximum absolute atomic E-state index is 11.7. The molecule has 0 heterocycles. The number of carbonyl (C=O) groups is 3. The molecule has 0 aromatic carbocycles. The average Bonchev–Trinajstić information content (AvgIpc) is 2.23. The second-order valence-electron chi connectivity index (χ2n) is 4.80. The minimum atomic E-state index is -1.28. The first-order valence-electron chi connectivity index (χ1n) is 5.48. The summed E-state index contributed by atoms with van der Waals surface area (Å²) in [6, 6.07) is -1.28. The number of rotatable bonds is 6. The first-order chi connectivity index (χ1) is 8.18. The zero-order chi connectivity index (χ0) is 14.3. The summed E-state index contributed by atoms with van der Waals surface area (Å²) in [6.07, 6.45) is 0.196. The van der Waals surface area contributed by atoms with Crippen LogP contribution in [-0.2, 0) is 14.3 Å². The summed E-state index contributed by atoms with van der Waals surface area (Å²) in [7, 11) is 0. The zero-order valence-electron chi connectivity index (χ0n) is 10.9. The summed E-state index contributed by atoms with van der Waals surface area (Å²) in [5, 5.41) is 11.0. The molecule has 6 heteroatoms. The lowest BCUT2D eigenvalue weighted by Crippen LogP contribution is -2.44. The number of hydrogen-bond acceptors (Lipinski definition) is 4. The Bertz CT molecular complexity index is 343. The Morgan fingerprint density at radius 3 is 2.33 bits per heavy atom. The first-order valence-corrected chi connectivity index (χ1v) is 5.48. The Hall–Kier alpha value is -1.85. The van der Waals surface area contributed by atoms with Crippen LogP contribution < -0.4 is 5.32 Å². The Balaban J connectivity index is 4.50. The molecule has 0 aliphatic carbocycles. The highest BCUT2D eigenvalue weighted by molar-refractivity contribution is 5.90. The lowest BCUT2D eigenvalue weighted by Gasteiger charge is -2.20. The van der Waals surface area contributed by atoms with Crippen LogP contribution in [0, 0.1) is 5.41 Å². The Morgan fingerprint density at radius 2 is 1.94 bits per heavy atom. The molecular formula is C12H19NO5. The van der Waals surface area contributed by atoms with E-state index in [9.17, 15) is 14.4 Å². The highest BCUT2D eigenvalue weighted by Gasteiger charge is 2.29. The number of carbonyl (C=O) groups excluding carboxylic acids is 2. The maximum Gasteiger partial charge on any atom is 0.408 e. The number of aliphatic carboxylic acids is 1. The van der Waals surface area contributed by atoms with Gasteiger partial charge in [0.2, 0.25) is 0 Å². The predicted octanol–water partition coefficient (Wildman–Crippen LogP) is 1.36. The van der Waals surface area contributed by atoms with Crippen molar-refractivity contribution >= 4 is 17.8 Å². The molecule has 0 aromatic heterocycles. The van der Waals surface area contributed by atoms with E-state index >= 15 is 0 Å². The van der Waals surface area contributed by atoms with Gasteiger partial charge in [-0.05, 0) is 0 Å². The zero-order valence-corrected chi connectivity index (χ0v) is 10.9. The molecule has 0 saturated carbocycles. The second kappa shape index (κ2) is 6.78. The molecule has 0 bridgehead atoms. The molecule has 0 rings (SSSR count). The van der Waals surface area contributed by atoms with Crippen LogP contribution in [0.3, 0.4) is 0 Å². The molecule has 0 aromatic rings. The van der Waals surface area contributed by atoms with Crippen LogP contribution in [0.5, 0.6) is 0 Å². The molecule has 0 radical (unpaired) electrons. The van der Waals surface area contributed by atoms with Gasteiger partial charge in [-0.3, -0.25) is 4.79 Å². The standard InChI is InChI=1S/C12H19NO5/c1-5-6-18-11(17)13-8(10(15)16)7-9(14)12(2,3)4/h5,8H,1,6-7H2,2-4H3,(H,13,17)(H,15,16). The fourth-order valence-electron chi connectivity index (χ4n) is 1.01. The average molecular weight is 257 g/mol. The molecule has 1 atom stereocenters. The van der Waals surface area contributed by atoms with E-state index in [1.807, 2.05) is 0 Å². The molecule has 1 amide bonds. The van der Waals surface area contributed by atoms with Crippen LogP contribution in [-0.4, -0.2) is 35.6 Å². The van der Waals surface area contributed by atoms with E-state index in [-0.39, 0.29) is 18.8 Å². The smallest absolute Gasteiger partial charge is 0.408 e. The number of carboxylic acids is 1. The molecule has 1 unspecified atom stereocenters. The van der Waals surface area contributed by atoms with Gasteiger partial charge in [0.05, 0.1) is 0 Å². The molecule has 0 spiro atoms. The number of amides is 1. The van der Waals surface area contributed by atoms with Gasteiger partial charge in [0.1, 0.15) is 18.4 Å². The Kier molecular flexibility index (Phi) is 6.08. The molecule has 102 valence electrons. The highest BCUT2D eigenvalue weighted by atomic mass is 16.5.